The predicted octanol–water partition coefficient (Wildman–Crippen LogP) is 3.19. The maximum absolute atomic E-state index is 11.2. The van der Waals surface area contributed by atoms with Crippen LogP contribution in [0.4, 0.5) is 5.69 Å². The molecule has 0 saturated carbocycles. The lowest BCUT2D eigenvalue weighted by Crippen LogP contribution is -2.21. The average molecular weight is 412 g/mol. The summed E-state index contributed by atoms with van der Waals surface area (Å²) in [5, 5.41) is 20.7. The van der Waals surface area contributed by atoms with Gasteiger partial charge in [0.05, 0.1) is 21.9 Å². The van der Waals surface area contributed by atoms with Crippen LogP contribution in [0.1, 0.15) is 11.4 Å². The standard InChI is InChI=1S/C14H11Cl2N7O2S/c1-6-5-26-14-20-12(11(22(6)14)4-19-21-13(17)18)7-2-10(23(24)25)9(16)3-8(7)15/h2-5H,1H3,(H4,17,18,21)/b19-4+. The monoisotopic (exact) mass is 411 g/mol. The van der Waals surface area contributed by atoms with Crippen LogP contribution in [0.2, 0.25) is 10.0 Å². The lowest BCUT2D eigenvalue weighted by Gasteiger charge is -2.05. The Balaban J connectivity index is 2.29. The number of nitro benzene ring substituents is 1. The van der Waals surface area contributed by atoms with E-state index in [0.717, 1.165) is 5.69 Å². The van der Waals surface area contributed by atoms with Crippen molar-refractivity contribution in [3.8, 4) is 11.3 Å². The minimum atomic E-state index is -0.584. The van der Waals surface area contributed by atoms with Gasteiger partial charge in [0.2, 0.25) is 5.96 Å². The van der Waals surface area contributed by atoms with Crippen LogP contribution in [0.25, 0.3) is 16.2 Å². The number of nitrogens with two attached hydrogens (primary N) is 2. The number of fused-ring (bicyclic) bond motifs is 1. The van der Waals surface area contributed by atoms with Crippen molar-refractivity contribution in [2.75, 3.05) is 0 Å². The molecule has 0 spiro atoms. The first-order valence-electron chi connectivity index (χ1n) is 7.02. The zero-order valence-corrected chi connectivity index (χ0v) is 15.5. The number of nitrogens with zero attached hydrogens (tertiary/aromatic N) is 5. The average Bonchev–Trinajstić information content (AvgIpc) is 3.07. The van der Waals surface area contributed by atoms with Gasteiger partial charge in [-0.25, -0.2) is 4.98 Å². The van der Waals surface area contributed by atoms with Gasteiger partial charge in [-0.2, -0.15) is 5.10 Å². The third-order valence-corrected chi connectivity index (χ3v) is 4.97. The number of halogens is 2. The third-order valence-electron chi connectivity index (χ3n) is 3.41. The molecule has 26 heavy (non-hydrogen) atoms. The molecule has 3 rings (SSSR count). The molecule has 4 N–H and O–H groups in total. The Hall–Kier alpha value is -2.69. The zero-order chi connectivity index (χ0) is 19.0. The van der Waals surface area contributed by atoms with E-state index < -0.39 is 4.92 Å². The largest absolute Gasteiger partial charge is 0.369 e. The van der Waals surface area contributed by atoms with Crippen molar-refractivity contribution in [3.05, 3.63) is 49.1 Å². The SMILES string of the molecule is Cc1csc2nc(-c3cc([N+](=O)[O-])c(Cl)cc3Cl)c(/C=N/N=C(N)N)n12. The second-order valence-electron chi connectivity index (χ2n) is 5.15. The van der Waals surface area contributed by atoms with Gasteiger partial charge in [0.15, 0.2) is 4.96 Å². The van der Waals surface area contributed by atoms with Crippen molar-refractivity contribution in [1.82, 2.24) is 9.38 Å². The van der Waals surface area contributed by atoms with Gasteiger partial charge in [-0.15, -0.1) is 16.4 Å². The molecule has 0 aliphatic rings. The molecule has 0 aliphatic heterocycles. The van der Waals surface area contributed by atoms with Crippen molar-refractivity contribution in [3.63, 3.8) is 0 Å². The molecule has 2 heterocycles. The lowest BCUT2D eigenvalue weighted by molar-refractivity contribution is -0.384. The number of rotatable bonds is 4. The van der Waals surface area contributed by atoms with Gasteiger partial charge < -0.3 is 11.5 Å². The lowest BCUT2D eigenvalue weighted by atomic mass is 10.1. The fourth-order valence-corrected chi connectivity index (χ4v) is 3.76. The maximum Gasteiger partial charge on any atom is 0.288 e. The number of imidazole rings is 1. The Bertz CT molecular complexity index is 1080. The number of nitro groups is 1. The van der Waals surface area contributed by atoms with Crippen molar-refractivity contribution < 1.29 is 4.92 Å². The Morgan fingerprint density at radius 3 is 2.77 bits per heavy atom. The second kappa shape index (κ2) is 6.90. The summed E-state index contributed by atoms with van der Waals surface area (Å²) in [7, 11) is 0. The van der Waals surface area contributed by atoms with Gasteiger partial charge >= 0.3 is 0 Å². The summed E-state index contributed by atoms with van der Waals surface area (Å²) < 4.78 is 1.82. The molecule has 0 unspecified atom stereocenters. The molecule has 3 aromatic rings. The van der Waals surface area contributed by atoms with Gasteiger partial charge in [-0.3, -0.25) is 14.5 Å². The normalized spacial score (nSPS) is 11.3. The number of aromatic nitrogens is 2. The van der Waals surface area contributed by atoms with E-state index in [-0.39, 0.29) is 21.7 Å². The van der Waals surface area contributed by atoms with Crippen LogP contribution < -0.4 is 11.5 Å². The van der Waals surface area contributed by atoms with Crippen LogP contribution in [0.3, 0.4) is 0 Å². The van der Waals surface area contributed by atoms with E-state index in [1.807, 2.05) is 16.7 Å². The van der Waals surface area contributed by atoms with Crippen molar-refractivity contribution in [2.24, 2.45) is 21.7 Å². The van der Waals surface area contributed by atoms with Gasteiger partial charge in [-0.1, -0.05) is 23.2 Å². The van der Waals surface area contributed by atoms with Gasteiger partial charge in [-0.05, 0) is 13.0 Å². The van der Waals surface area contributed by atoms with Crippen LogP contribution in [-0.2, 0) is 0 Å². The molecule has 0 amide bonds. The predicted molar refractivity (Wildman–Crippen MR) is 103 cm³/mol. The summed E-state index contributed by atoms with van der Waals surface area (Å²) >= 11 is 13.6. The summed E-state index contributed by atoms with van der Waals surface area (Å²) in [6, 6.07) is 2.60. The fourth-order valence-electron chi connectivity index (χ4n) is 2.35. The maximum atomic E-state index is 11.2. The third kappa shape index (κ3) is 3.21. The highest BCUT2D eigenvalue weighted by atomic mass is 35.5. The highest BCUT2D eigenvalue weighted by Crippen LogP contribution is 2.38. The van der Waals surface area contributed by atoms with E-state index in [1.54, 1.807) is 0 Å². The van der Waals surface area contributed by atoms with Crippen molar-refractivity contribution in [2.45, 2.75) is 6.92 Å². The van der Waals surface area contributed by atoms with Crippen molar-refractivity contribution in [1.29, 1.82) is 0 Å². The Morgan fingerprint density at radius 2 is 2.12 bits per heavy atom. The molecule has 0 fully saturated rings. The molecular weight excluding hydrogens is 401 g/mol. The van der Waals surface area contributed by atoms with E-state index in [4.69, 9.17) is 34.7 Å². The minimum absolute atomic E-state index is 0.0586. The molecule has 0 radical (unpaired) electrons. The van der Waals surface area contributed by atoms with Crippen molar-refractivity contribution >= 4 is 57.4 Å². The molecular formula is C14H11Cl2N7O2S. The molecule has 0 bridgehead atoms. The highest BCUT2D eigenvalue weighted by molar-refractivity contribution is 7.15. The van der Waals surface area contributed by atoms with E-state index in [2.05, 4.69) is 15.2 Å². The second-order valence-corrected chi connectivity index (χ2v) is 6.80. The number of thiazole rings is 1. The quantitative estimate of drug-likeness (QED) is 0.293. The van der Waals surface area contributed by atoms with Gasteiger partial charge in [0.25, 0.3) is 5.69 Å². The van der Waals surface area contributed by atoms with Crippen LogP contribution >= 0.6 is 34.5 Å². The summed E-state index contributed by atoms with van der Waals surface area (Å²) in [5.74, 6) is -0.203. The van der Waals surface area contributed by atoms with E-state index in [9.17, 15) is 10.1 Å². The van der Waals surface area contributed by atoms with E-state index >= 15 is 0 Å². The van der Waals surface area contributed by atoms with Gasteiger partial charge in [0, 0.05) is 22.7 Å². The fraction of sp³-hybridized carbons (Fsp3) is 0.0714. The first-order valence-corrected chi connectivity index (χ1v) is 8.65. The number of hydrogen-bond acceptors (Lipinski definition) is 6. The molecule has 1 aromatic carbocycles. The Morgan fingerprint density at radius 1 is 1.38 bits per heavy atom. The molecule has 0 saturated heterocycles. The topological polar surface area (TPSA) is 137 Å². The smallest absolute Gasteiger partial charge is 0.288 e. The van der Waals surface area contributed by atoms with Crippen LogP contribution in [0.15, 0.2) is 27.7 Å². The molecule has 0 aliphatic carbocycles. The molecule has 9 nitrogen and oxygen atoms in total. The number of aryl methyl sites for hydroxylation is 1. The van der Waals surface area contributed by atoms with Gasteiger partial charge in [0.1, 0.15) is 10.7 Å². The summed E-state index contributed by atoms with van der Waals surface area (Å²) in [4.78, 5) is 15.8. The number of benzene rings is 1. The summed E-state index contributed by atoms with van der Waals surface area (Å²) in [5.41, 5.74) is 12.5. The summed E-state index contributed by atoms with van der Waals surface area (Å²) in [6.07, 6.45) is 1.41. The van der Waals surface area contributed by atoms with Crippen LogP contribution in [0.5, 0.6) is 0 Å². The highest BCUT2D eigenvalue weighted by Gasteiger charge is 2.22. The van der Waals surface area contributed by atoms with E-state index in [1.165, 1.54) is 29.7 Å². The first kappa shape index (κ1) is 18.1. The number of guanidine groups is 1. The first-order chi connectivity index (χ1) is 12.3. The molecule has 0 atom stereocenters. The van der Waals surface area contributed by atoms with Crippen LogP contribution in [-0.4, -0.2) is 26.5 Å². The minimum Gasteiger partial charge on any atom is -0.369 e. The molecule has 2 aromatic heterocycles. The molecule has 134 valence electrons. The Kier molecular flexibility index (Phi) is 4.81. The van der Waals surface area contributed by atoms with E-state index in [0.29, 0.717) is 21.9 Å². The number of hydrogen-bond donors (Lipinski definition) is 2. The zero-order valence-electron chi connectivity index (χ0n) is 13.2. The van der Waals surface area contributed by atoms with Crippen LogP contribution in [0, 0.1) is 17.0 Å². The molecule has 12 heteroatoms. The summed E-state index contributed by atoms with van der Waals surface area (Å²) in [6.45, 7) is 1.89. The Labute approximate surface area is 160 Å².